The summed E-state index contributed by atoms with van der Waals surface area (Å²) in [4.78, 5) is 11.3. The summed E-state index contributed by atoms with van der Waals surface area (Å²) >= 11 is 0. The molecule has 2 aliphatic rings. The summed E-state index contributed by atoms with van der Waals surface area (Å²) in [7, 11) is 0. The molecule has 1 N–H and O–H groups in total. The number of likely N-dealkylation sites (tertiary alicyclic amines) is 1. The minimum Gasteiger partial charge on any atom is -0.484 e. The molecule has 3 atom stereocenters. The SMILES string of the molecule is Cc1cc(O[C@]2(O)CCN(C(C)c3ccc4c(n3)OCCO4)C[C@H]2C)cc(C)n1. The monoisotopic (exact) mass is 399 g/mol. The van der Waals surface area contributed by atoms with Crippen LogP contribution >= 0.6 is 0 Å². The molecule has 0 bridgehead atoms. The van der Waals surface area contributed by atoms with Gasteiger partial charge in [0.1, 0.15) is 19.0 Å². The van der Waals surface area contributed by atoms with Gasteiger partial charge >= 0.3 is 0 Å². The standard InChI is InChI=1S/C22H29N3O4/c1-14-13-25(17(4)19-5-6-20-21(24-19)28-10-9-27-20)8-7-22(14,26)29-18-11-15(2)23-16(3)12-18/h5-6,11-12,14,17,26H,7-10,13H2,1-4H3/t14-,17?,22-/m1/s1. The number of hydrogen-bond acceptors (Lipinski definition) is 7. The van der Waals surface area contributed by atoms with Crippen molar-refractivity contribution in [2.75, 3.05) is 26.3 Å². The Bertz CT molecular complexity index is 870. The van der Waals surface area contributed by atoms with Crippen LogP contribution in [0.1, 0.15) is 43.4 Å². The molecule has 1 fully saturated rings. The molecule has 2 aliphatic heterocycles. The van der Waals surface area contributed by atoms with Gasteiger partial charge in [0.25, 0.3) is 5.88 Å². The third-order valence-electron chi connectivity index (χ3n) is 5.79. The van der Waals surface area contributed by atoms with E-state index in [1.54, 1.807) is 0 Å². The Kier molecular flexibility index (Phi) is 5.36. The smallest absolute Gasteiger partial charge is 0.257 e. The Balaban J connectivity index is 1.45. The number of piperidine rings is 1. The van der Waals surface area contributed by atoms with Crippen molar-refractivity contribution in [3.8, 4) is 17.4 Å². The first-order valence-corrected chi connectivity index (χ1v) is 10.2. The second-order valence-electron chi connectivity index (χ2n) is 8.09. The number of aryl methyl sites for hydroxylation is 2. The van der Waals surface area contributed by atoms with Crippen LogP contribution in [0.4, 0.5) is 0 Å². The summed E-state index contributed by atoms with van der Waals surface area (Å²) in [5.74, 6) is 0.666. The topological polar surface area (TPSA) is 76.9 Å². The zero-order valence-corrected chi connectivity index (χ0v) is 17.5. The molecular weight excluding hydrogens is 370 g/mol. The largest absolute Gasteiger partial charge is 0.484 e. The Morgan fingerprint density at radius 2 is 1.90 bits per heavy atom. The van der Waals surface area contributed by atoms with E-state index in [1.807, 2.05) is 45.0 Å². The van der Waals surface area contributed by atoms with E-state index in [9.17, 15) is 5.11 Å². The van der Waals surface area contributed by atoms with Crippen molar-refractivity contribution in [3.05, 3.63) is 41.3 Å². The van der Waals surface area contributed by atoms with Crippen LogP contribution in [-0.2, 0) is 0 Å². The Morgan fingerprint density at radius 3 is 2.62 bits per heavy atom. The summed E-state index contributed by atoms with van der Waals surface area (Å²) in [5, 5.41) is 11.2. The molecule has 4 rings (SSSR count). The van der Waals surface area contributed by atoms with Crippen molar-refractivity contribution in [2.24, 2.45) is 5.92 Å². The van der Waals surface area contributed by atoms with Gasteiger partial charge in [-0.1, -0.05) is 6.92 Å². The van der Waals surface area contributed by atoms with Gasteiger partial charge in [-0.3, -0.25) is 9.88 Å². The molecule has 2 aromatic rings. The van der Waals surface area contributed by atoms with Gasteiger partial charge in [-0.2, -0.15) is 0 Å². The molecule has 0 saturated carbocycles. The molecule has 1 saturated heterocycles. The van der Waals surface area contributed by atoms with Crippen LogP contribution in [-0.4, -0.2) is 52.1 Å². The number of aliphatic hydroxyl groups is 1. The van der Waals surface area contributed by atoms with Crippen molar-refractivity contribution in [2.45, 2.75) is 45.9 Å². The van der Waals surface area contributed by atoms with E-state index in [1.165, 1.54) is 0 Å². The summed E-state index contributed by atoms with van der Waals surface area (Å²) < 4.78 is 17.2. The molecule has 156 valence electrons. The van der Waals surface area contributed by atoms with Crippen LogP contribution in [0.25, 0.3) is 0 Å². The van der Waals surface area contributed by atoms with E-state index in [2.05, 4.69) is 21.8 Å². The van der Waals surface area contributed by atoms with E-state index >= 15 is 0 Å². The van der Waals surface area contributed by atoms with Crippen molar-refractivity contribution >= 4 is 0 Å². The van der Waals surface area contributed by atoms with Gasteiger partial charge in [0, 0.05) is 55.0 Å². The van der Waals surface area contributed by atoms with Crippen LogP contribution in [0, 0.1) is 19.8 Å². The lowest BCUT2D eigenvalue weighted by Gasteiger charge is -2.44. The molecule has 0 spiro atoms. The van der Waals surface area contributed by atoms with Gasteiger partial charge in [-0.15, -0.1) is 0 Å². The minimum atomic E-state index is -1.20. The van der Waals surface area contributed by atoms with E-state index in [4.69, 9.17) is 14.2 Å². The zero-order chi connectivity index (χ0) is 20.6. The van der Waals surface area contributed by atoms with E-state index in [0.29, 0.717) is 50.1 Å². The molecule has 0 amide bonds. The van der Waals surface area contributed by atoms with Gasteiger partial charge in [0.05, 0.1) is 5.69 Å². The van der Waals surface area contributed by atoms with Crippen molar-refractivity contribution < 1.29 is 19.3 Å². The lowest BCUT2D eigenvalue weighted by atomic mass is 9.91. The number of fused-ring (bicyclic) bond motifs is 1. The Morgan fingerprint density at radius 1 is 1.17 bits per heavy atom. The lowest BCUT2D eigenvalue weighted by molar-refractivity contribution is -0.204. The van der Waals surface area contributed by atoms with Crippen LogP contribution in [0.2, 0.25) is 0 Å². The molecular formula is C22H29N3O4. The second kappa shape index (κ2) is 7.80. The van der Waals surface area contributed by atoms with Crippen LogP contribution < -0.4 is 14.2 Å². The molecule has 29 heavy (non-hydrogen) atoms. The van der Waals surface area contributed by atoms with Crippen LogP contribution in [0.3, 0.4) is 0 Å². The maximum absolute atomic E-state index is 11.2. The third kappa shape index (κ3) is 4.16. The van der Waals surface area contributed by atoms with Gasteiger partial charge in [0.2, 0.25) is 5.79 Å². The lowest BCUT2D eigenvalue weighted by Crippen LogP contribution is -2.54. The van der Waals surface area contributed by atoms with Crippen molar-refractivity contribution in [3.63, 3.8) is 0 Å². The summed E-state index contributed by atoms with van der Waals surface area (Å²) in [6.07, 6.45) is 0.517. The quantitative estimate of drug-likeness (QED) is 0.792. The molecule has 0 aliphatic carbocycles. The molecule has 0 radical (unpaired) electrons. The fourth-order valence-corrected chi connectivity index (χ4v) is 4.06. The first-order valence-electron chi connectivity index (χ1n) is 10.2. The van der Waals surface area contributed by atoms with Crippen molar-refractivity contribution in [1.82, 2.24) is 14.9 Å². The summed E-state index contributed by atoms with van der Waals surface area (Å²) in [6.45, 7) is 10.5. The molecule has 0 aromatic carbocycles. The molecule has 2 aromatic heterocycles. The maximum atomic E-state index is 11.2. The first-order chi connectivity index (χ1) is 13.8. The van der Waals surface area contributed by atoms with Gasteiger partial charge in [0.15, 0.2) is 5.75 Å². The van der Waals surface area contributed by atoms with E-state index in [0.717, 1.165) is 17.1 Å². The predicted octanol–water partition coefficient (Wildman–Crippen LogP) is 3.04. The first kappa shape index (κ1) is 19.9. The average Bonchev–Trinajstić information content (AvgIpc) is 2.68. The fraction of sp³-hybridized carbons (Fsp3) is 0.545. The highest BCUT2D eigenvalue weighted by molar-refractivity contribution is 5.36. The van der Waals surface area contributed by atoms with Crippen LogP contribution in [0.15, 0.2) is 24.3 Å². The molecule has 7 nitrogen and oxygen atoms in total. The van der Waals surface area contributed by atoms with Gasteiger partial charge < -0.3 is 19.3 Å². The number of pyridine rings is 2. The molecule has 1 unspecified atom stereocenters. The highest BCUT2D eigenvalue weighted by Gasteiger charge is 2.42. The average molecular weight is 399 g/mol. The predicted molar refractivity (Wildman–Crippen MR) is 108 cm³/mol. The highest BCUT2D eigenvalue weighted by Crippen LogP contribution is 2.36. The van der Waals surface area contributed by atoms with Gasteiger partial charge in [-0.25, -0.2) is 4.98 Å². The fourth-order valence-electron chi connectivity index (χ4n) is 4.06. The number of hydrogen-bond donors (Lipinski definition) is 1. The van der Waals surface area contributed by atoms with Crippen LogP contribution in [0.5, 0.6) is 17.4 Å². The Labute approximate surface area is 171 Å². The number of rotatable bonds is 4. The highest BCUT2D eigenvalue weighted by atomic mass is 16.6. The Hall–Kier alpha value is -2.38. The van der Waals surface area contributed by atoms with Crippen molar-refractivity contribution in [1.29, 1.82) is 0 Å². The molecule has 4 heterocycles. The maximum Gasteiger partial charge on any atom is 0.257 e. The summed E-state index contributed by atoms with van der Waals surface area (Å²) in [5.41, 5.74) is 2.70. The van der Waals surface area contributed by atoms with E-state index in [-0.39, 0.29) is 12.0 Å². The number of nitrogens with zero attached hydrogens (tertiary/aromatic N) is 3. The van der Waals surface area contributed by atoms with Gasteiger partial charge in [-0.05, 0) is 32.9 Å². The third-order valence-corrected chi connectivity index (χ3v) is 5.79. The minimum absolute atomic E-state index is 0.0651. The zero-order valence-electron chi connectivity index (χ0n) is 17.5. The normalized spacial score (nSPS) is 25.5. The van der Waals surface area contributed by atoms with E-state index < -0.39 is 5.79 Å². The number of aromatic nitrogens is 2. The summed E-state index contributed by atoms with van der Waals surface area (Å²) in [6, 6.07) is 7.75. The number of ether oxygens (including phenoxy) is 3. The molecule has 7 heteroatoms. The second-order valence-corrected chi connectivity index (χ2v) is 8.09.